The van der Waals surface area contributed by atoms with E-state index in [-0.39, 0.29) is 17.9 Å². The van der Waals surface area contributed by atoms with Crippen molar-refractivity contribution < 1.29 is 14.3 Å². The van der Waals surface area contributed by atoms with Gasteiger partial charge in [-0.05, 0) is 45.0 Å². The summed E-state index contributed by atoms with van der Waals surface area (Å²) in [6.07, 6.45) is 0.414. The van der Waals surface area contributed by atoms with Crippen LogP contribution in [0.15, 0.2) is 24.3 Å². The molecule has 1 aromatic carbocycles. The highest BCUT2D eigenvalue weighted by atomic mass is 16.5. The molecular formula is C15H22N2O3. The molecule has 20 heavy (non-hydrogen) atoms. The van der Waals surface area contributed by atoms with Crippen LogP contribution in [0.5, 0.6) is 0 Å². The van der Waals surface area contributed by atoms with Crippen molar-refractivity contribution in [1.82, 2.24) is 5.32 Å². The van der Waals surface area contributed by atoms with E-state index in [2.05, 4.69) is 10.6 Å². The van der Waals surface area contributed by atoms with Gasteiger partial charge in [-0.1, -0.05) is 0 Å². The molecule has 0 aliphatic heterocycles. The Labute approximate surface area is 119 Å². The van der Waals surface area contributed by atoms with Gasteiger partial charge in [0.05, 0.1) is 12.2 Å². The Kier molecular flexibility index (Phi) is 6.56. The third-order valence-electron chi connectivity index (χ3n) is 2.53. The number of esters is 1. The van der Waals surface area contributed by atoms with Crippen LogP contribution >= 0.6 is 0 Å². The number of hydrogen-bond donors (Lipinski definition) is 2. The van der Waals surface area contributed by atoms with Gasteiger partial charge in [-0.2, -0.15) is 0 Å². The van der Waals surface area contributed by atoms with Gasteiger partial charge in [0.1, 0.15) is 0 Å². The molecule has 0 aromatic heterocycles. The van der Waals surface area contributed by atoms with Gasteiger partial charge >= 0.3 is 5.97 Å². The van der Waals surface area contributed by atoms with Crippen LogP contribution in [0, 0.1) is 0 Å². The monoisotopic (exact) mass is 278 g/mol. The lowest BCUT2D eigenvalue weighted by Crippen LogP contribution is -2.31. The fraction of sp³-hybridized carbons (Fsp3) is 0.467. The SMILES string of the molecule is CCOC(=O)c1ccc(NCCC(=O)NC(C)C)cc1. The van der Waals surface area contributed by atoms with Gasteiger partial charge in [0.2, 0.25) is 5.91 Å². The molecule has 0 fully saturated rings. The van der Waals surface area contributed by atoms with Gasteiger partial charge in [-0.25, -0.2) is 4.79 Å². The molecule has 5 heteroatoms. The Morgan fingerprint density at radius 1 is 1.20 bits per heavy atom. The summed E-state index contributed by atoms with van der Waals surface area (Å²) in [5.74, 6) is -0.300. The number of hydrogen-bond acceptors (Lipinski definition) is 4. The molecule has 0 bridgehead atoms. The zero-order valence-electron chi connectivity index (χ0n) is 12.2. The molecule has 2 N–H and O–H groups in total. The first-order chi connectivity index (χ1) is 9.52. The number of carbonyl (C=O) groups excluding carboxylic acids is 2. The highest BCUT2D eigenvalue weighted by molar-refractivity contribution is 5.89. The van der Waals surface area contributed by atoms with Gasteiger partial charge < -0.3 is 15.4 Å². The zero-order chi connectivity index (χ0) is 15.0. The molecule has 5 nitrogen and oxygen atoms in total. The van der Waals surface area contributed by atoms with Crippen LogP contribution in [-0.4, -0.2) is 31.1 Å². The van der Waals surface area contributed by atoms with E-state index in [0.29, 0.717) is 25.1 Å². The summed E-state index contributed by atoms with van der Waals surface area (Å²) in [7, 11) is 0. The summed E-state index contributed by atoms with van der Waals surface area (Å²) in [6, 6.07) is 7.16. The smallest absolute Gasteiger partial charge is 0.338 e. The molecule has 0 aliphatic rings. The average Bonchev–Trinajstić information content (AvgIpc) is 2.39. The van der Waals surface area contributed by atoms with Crippen LogP contribution in [0.1, 0.15) is 37.6 Å². The van der Waals surface area contributed by atoms with Crippen molar-refractivity contribution in [3.63, 3.8) is 0 Å². The van der Waals surface area contributed by atoms with E-state index < -0.39 is 0 Å². The minimum Gasteiger partial charge on any atom is -0.462 e. The molecule has 1 aromatic rings. The molecule has 1 rings (SSSR count). The Bertz CT molecular complexity index is 441. The minimum atomic E-state index is -0.324. The number of ether oxygens (including phenoxy) is 1. The quantitative estimate of drug-likeness (QED) is 0.750. The molecule has 0 unspecified atom stereocenters. The fourth-order valence-corrected chi connectivity index (χ4v) is 1.65. The molecule has 1 amide bonds. The maximum atomic E-state index is 11.5. The van der Waals surface area contributed by atoms with Gasteiger partial charge in [0, 0.05) is 24.7 Å². The van der Waals surface area contributed by atoms with Crippen molar-refractivity contribution in [2.75, 3.05) is 18.5 Å². The predicted octanol–water partition coefficient (Wildman–Crippen LogP) is 2.19. The summed E-state index contributed by atoms with van der Waals surface area (Å²) >= 11 is 0. The molecule has 0 saturated carbocycles. The van der Waals surface area contributed by atoms with Crippen molar-refractivity contribution >= 4 is 17.6 Å². The number of rotatable bonds is 7. The molecule has 0 saturated heterocycles. The van der Waals surface area contributed by atoms with Gasteiger partial charge in [-0.3, -0.25) is 4.79 Å². The van der Waals surface area contributed by atoms with Crippen LogP contribution < -0.4 is 10.6 Å². The maximum Gasteiger partial charge on any atom is 0.338 e. The van der Waals surface area contributed by atoms with E-state index in [1.165, 1.54) is 0 Å². The fourth-order valence-electron chi connectivity index (χ4n) is 1.65. The molecule has 0 heterocycles. The summed E-state index contributed by atoms with van der Waals surface area (Å²) < 4.78 is 4.91. The number of nitrogens with one attached hydrogen (secondary N) is 2. The Morgan fingerprint density at radius 2 is 1.85 bits per heavy atom. The van der Waals surface area contributed by atoms with E-state index in [0.717, 1.165) is 5.69 Å². The second-order valence-corrected chi connectivity index (χ2v) is 4.70. The number of amides is 1. The Hall–Kier alpha value is -2.04. The van der Waals surface area contributed by atoms with Crippen LogP contribution in [-0.2, 0) is 9.53 Å². The number of anilines is 1. The maximum absolute atomic E-state index is 11.5. The number of benzene rings is 1. The molecule has 0 spiro atoms. The first kappa shape index (κ1) is 16.0. The van der Waals surface area contributed by atoms with Crippen molar-refractivity contribution in [3.8, 4) is 0 Å². The van der Waals surface area contributed by atoms with Crippen molar-refractivity contribution in [3.05, 3.63) is 29.8 Å². The lowest BCUT2D eigenvalue weighted by atomic mass is 10.2. The van der Waals surface area contributed by atoms with Gasteiger partial charge in [0.15, 0.2) is 0 Å². The summed E-state index contributed by atoms with van der Waals surface area (Å²) in [5.41, 5.74) is 1.39. The lowest BCUT2D eigenvalue weighted by Gasteiger charge is -2.10. The van der Waals surface area contributed by atoms with E-state index in [1.54, 1.807) is 31.2 Å². The van der Waals surface area contributed by atoms with E-state index >= 15 is 0 Å². The van der Waals surface area contributed by atoms with Crippen LogP contribution in [0.4, 0.5) is 5.69 Å². The summed E-state index contributed by atoms with van der Waals surface area (Å²) in [5, 5.41) is 5.96. The molecule has 110 valence electrons. The predicted molar refractivity (Wildman–Crippen MR) is 78.8 cm³/mol. The van der Waals surface area contributed by atoms with Crippen molar-refractivity contribution in [2.24, 2.45) is 0 Å². The Balaban J connectivity index is 2.38. The summed E-state index contributed by atoms with van der Waals surface area (Å²) in [4.78, 5) is 22.9. The first-order valence-electron chi connectivity index (χ1n) is 6.83. The van der Waals surface area contributed by atoms with Gasteiger partial charge in [-0.15, -0.1) is 0 Å². The van der Waals surface area contributed by atoms with E-state index in [4.69, 9.17) is 4.74 Å². The standard InChI is InChI=1S/C15H22N2O3/c1-4-20-15(19)12-5-7-13(8-6-12)16-10-9-14(18)17-11(2)3/h5-8,11,16H,4,9-10H2,1-3H3,(H,17,18). The van der Waals surface area contributed by atoms with Crippen LogP contribution in [0.25, 0.3) is 0 Å². The second-order valence-electron chi connectivity index (χ2n) is 4.70. The second kappa shape index (κ2) is 8.19. The normalized spacial score (nSPS) is 10.2. The van der Waals surface area contributed by atoms with Gasteiger partial charge in [0.25, 0.3) is 0 Å². The first-order valence-corrected chi connectivity index (χ1v) is 6.83. The molecule has 0 radical (unpaired) electrons. The highest BCUT2D eigenvalue weighted by Gasteiger charge is 2.06. The highest BCUT2D eigenvalue weighted by Crippen LogP contribution is 2.10. The summed E-state index contributed by atoms with van der Waals surface area (Å²) in [6.45, 7) is 6.55. The lowest BCUT2D eigenvalue weighted by molar-refractivity contribution is -0.121. The van der Waals surface area contributed by atoms with Crippen LogP contribution in [0.2, 0.25) is 0 Å². The van der Waals surface area contributed by atoms with Crippen molar-refractivity contribution in [1.29, 1.82) is 0 Å². The third kappa shape index (κ3) is 5.73. The van der Waals surface area contributed by atoms with Crippen molar-refractivity contribution in [2.45, 2.75) is 33.2 Å². The number of carbonyl (C=O) groups is 2. The molecule has 0 aliphatic carbocycles. The van der Waals surface area contributed by atoms with E-state index in [1.807, 2.05) is 13.8 Å². The molecular weight excluding hydrogens is 256 g/mol. The zero-order valence-corrected chi connectivity index (χ0v) is 12.2. The van der Waals surface area contributed by atoms with E-state index in [9.17, 15) is 9.59 Å². The minimum absolute atomic E-state index is 0.0237. The molecule has 0 atom stereocenters. The Morgan fingerprint density at radius 3 is 2.40 bits per heavy atom. The topological polar surface area (TPSA) is 67.4 Å². The average molecular weight is 278 g/mol. The third-order valence-corrected chi connectivity index (χ3v) is 2.53. The largest absolute Gasteiger partial charge is 0.462 e. The van der Waals surface area contributed by atoms with Crippen LogP contribution in [0.3, 0.4) is 0 Å².